The highest BCUT2D eigenvalue weighted by Crippen LogP contribution is 2.37. The predicted molar refractivity (Wildman–Crippen MR) is 62.1 cm³/mol. The van der Waals surface area contributed by atoms with Crippen LogP contribution >= 0.6 is 45.2 Å². The topological polar surface area (TPSA) is 28.7 Å². The Morgan fingerprint density at radius 2 is 2.36 bits per heavy atom. The highest BCUT2D eigenvalue weighted by molar-refractivity contribution is 14.2. The molecule has 0 spiro atoms. The molecule has 1 heterocycles. The molecule has 2 nitrogen and oxygen atoms in total. The molecule has 0 unspecified atom stereocenters. The van der Waals surface area contributed by atoms with Gasteiger partial charge in [-0.2, -0.15) is 5.10 Å². The molecule has 0 amide bonds. The second-order valence-corrected chi connectivity index (χ2v) is 8.49. The molecule has 0 bridgehead atoms. The van der Waals surface area contributed by atoms with Crippen LogP contribution < -0.4 is 0 Å². The Bertz CT molecular complexity index is 301. The number of hydrogen-bond donors (Lipinski definition) is 1. The molecule has 2 rings (SSSR count). The Morgan fingerprint density at radius 3 is 3.18 bits per heavy atom. The van der Waals surface area contributed by atoms with Gasteiger partial charge in [-0.25, -0.2) is 0 Å². The lowest BCUT2D eigenvalue weighted by molar-refractivity contribution is 0.922. The van der Waals surface area contributed by atoms with Crippen LogP contribution in [0.1, 0.15) is 11.3 Å². The molecule has 1 aromatic rings. The van der Waals surface area contributed by atoms with Gasteiger partial charge in [-0.1, -0.05) is 57.3 Å². The van der Waals surface area contributed by atoms with Crippen LogP contribution in [0.5, 0.6) is 0 Å². The lowest BCUT2D eigenvalue weighted by atomic mass is 10.1. The molecule has 1 aromatic heterocycles. The smallest absolute Gasteiger partial charge is 0.0971 e. The number of H-pyrrole nitrogens is 1. The van der Waals surface area contributed by atoms with Gasteiger partial charge in [-0.3, -0.25) is 5.10 Å². The zero-order valence-electron chi connectivity index (χ0n) is 5.64. The summed E-state index contributed by atoms with van der Waals surface area (Å²) >= 11 is 4.87. The van der Waals surface area contributed by atoms with Gasteiger partial charge in [0.05, 0.1) is 7.63 Å². The fourth-order valence-electron chi connectivity index (χ4n) is 1.11. The third-order valence-corrected chi connectivity index (χ3v) is 3.15. The minimum Gasteiger partial charge on any atom is -0.282 e. The van der Waals surface area contributed by atoms with Gasteiger partial charge in [-0.05, 0) is 0 Å². The Hall–Kier alpha value is 0.410. The number of hydrogen-bond acceptors (Lipinski definition) is 1. The number of aromatic amines is 1. The molecule has 11 heavy (non-hydrogen) atoms. The molecule has 1 aliphatic carbocycles. The van der Waals surface area contributed by atoms with Crippen molar-refractivity contribution in [3.63, 3.8) is 0 Å². The van der Waals surface area contributed by atoms with Crippen molar-refractivity contribution in [1.29, 1.82) is 0 Å². The first-order chi connectivity index (χ1) is 5.17. The third-order valence-electron chi connectivity index (χ3n) is 1.67. The van der Waals surface area contributed by atoms with Crippen molar-refractivity contribution >= 4 is 51.3 Å². The highest BCUT2D eigenvalue weighted by Gasteiger charge is 2.24. The standard InChI is InChI=1S/C7H6I2N2/c8-7(9)2-1-5-4-10-11-6(5)3-7/h1-2,4H,3H2,(H,10,11). The van der Waals surface area contributed by atoms with Gasteiger partial charge >= 0.3 is 0 Å². The zero-order chi connectivity index (χ0) is 7.90. The molecular formula is C7H6I2N2. The maximum absolute atomic E-state index is 3.99. The van der Waals surface area contributed by atoms with Crippen LogP contribution in [0.2, 0.25) is 0 Å². The molecule has 0 aliphatic heterocycles. The van der Waals surface area contributed by atoms with Crippen molar-refractivity contribution in [3.8, 4) is 0 Å². The van der Waals surface area contributed by atoms with E-state index in [4.69, 9.17) is 0 Å². The molecular weight excluding hydrogens is 366 g/mol. The van der Waals surface area contributed by atoms with Crippen molar-refractivity contribution in [3.05, 3.63) is 23.5 Å². The first-order valence-electron chi connectivity index (χ1n) is 3.27. The van der Waals surface area contributed by atoms with Crippen LogP contribution in [0.15, 0.2) is 12.3 Å². The second kappa shape index (κ2) is 2.72. The first-order valence-corrected chi connectivity index (χ1v) is 5.42. The Kier molecular flexibility index (Phi) is 1.99. The molecule has 1 N–H and O–H groups in total. The lowest BCUT2D eigenvalue weighted by Gasteiger charge is -2.18. The zero-order valence-corrected chi connectivity index (χ0v) is 9.96. The quantitative estimate of drug-likeness (QED) is 0.551. The molecule has 0 fully saturated rings. The molecule has 0 saturated carbocycles. The Labute approximate surface area is 92.1 Å². The van der Waals surface area contributed by atoms with E-state index < -0.39 is 0 Å². The van der Waals surface area contributed by atoms with Crippen molar-refractivity contribution < 1.29 is 0 Å². The largest absolute Gasteiger partial charge is 0.282 e. The summed E-state index contributed by atoms with van der Waals surface area (Å²) in [7, 11) is 0. The Morgan fingerprint density at radius 1 is 1.55 bits per heavy atom. The summed E-state index contributed by atoms with van der Waals surface area (Å²) < 4.78 is 0.231. The number of allylic oxidation sites excluding steroid dienone is 1. The van der Waals surface area contributed by atoms with Crippen molar-refractivity contribution in [1.82, 2.24) is 10.2 Å². The van der Waals surface area contributed by atoms with Gasteiger partial charge in [-0.15, -0.1) is 0 Å². The van der Waals surface area contributed by atoms with Crippen molar-refractivity contribution in [2.24, 2.45) is 0 Å². The normalized spacial score (nSPS) is 19.8. The van der Waals surface area contributed by atoms with Gasteiger partial charge < -0.3 is 0 Å². The number of halogens is 2. The van der Waals surface area contributed by atoms with Gasteiger partial charge in [0.25, 0.3) is 0 Å². The number of fused-ring (bicyclic) bond motifs is 1. The fourth-order valence-corrected chi connectivity index (χ4v) is 2.24. The first kappa shape index (κ1) is 8.03. The van der Waals surface area contributed by atoms with Gasteiger partial charge in [0.2, 0.25) is 0 Å². The van der Waals surface area contributed by atoms with Crippen LogP contribution in [0.4, 0.5) is 0 Å². The minimum absolute atomic E-state index is 0.231. The third kappa shape index (κ3) is 1.61. The minimum atomic E-state index is 0.231. The van der Waals surface area contributed by atoms with E-state index in [0.29, 0.717) is 0 Å². The second-order valence-electron chi connectivity index (χ2n) is 2.58. The van der Waals surface area contributed by atoms with Gasteiger partial charge in [0.15, 0.2) is 0 Å². The van der Waals surface area contributed by atoms with Gasteiger partial charge in [0, 0.05) is 17.7 Å². The monoisotopic (exact) mass is 372 g/mol. The summed E-state index contributed by atoms with van der Waals surface area (Å²) in [5.74, 6) is 0. The summed E-state index contributed by atoms with van der Waals surface area (Å²) in [4.78, 5) is 0. The average molecular weight is 372 g/mol. The average Bonchev–Trinajstić information content (AvgIpc) is 2.31. The maximum Gasteiger partial charge on any atom is 0.0971 e. The van der Waals surface area contributed by atoms with Gasteiger partial charge in [0.1, 0.15) is 0 Å². The number of alkyl halides is 2. The van der Waals surface area contributed by atoms with E-state index >= 15 is 0 Å². The molecule has 0 atom stereocenters. The summed E-state index contributed by atoms with van der Waals surface area (Å²) in [5, 5.41) is 6.99. The highest BCUT2D eigenvalue weighted by atomic mass is 127. The van der Waals surface area contributed by atoms with E-state index in [1.54, 1.807) is 0 Å². The molecule has 58 valence electrons. The van der Waals surface area contributed by atoms with E-state index in [9.17, 15) is 0 Å². The van der Waals surface area contributed by atoms with Crippen LogP contribution in [-0.4, -0.2) is 11.6 Å². The predicted octanol–water partition coefficient (Wildman–Crippen LogP) is 2.55. The van der Waals surface area contributed by atoms with E-state index in [1.807, 2.05) is 6.20 Å². The summed E-state index contributed by atoms with van der Waals surface area (Å²) in [5.41, 5.74) is 2.48. The summed E-state index contributed by atoms with van der Waals surface area (Å²) in [6.45, 7) is 0. The van der Waals surface area contributed by atoms with E-state index in [0.717, 1.165) is 6.42 Å². The lowest BCUT2D eigenvalue weighted by Crippen LogP contribution is -2.14. The van der Waals surface area contributed by atoms with Crippen molar-refractivity contribution in [2.75, 3.05) is 0 Å². The number of aromatic nitrogens is 2. The number of nitrogens with zero attached hydrogens (tertiary/aromatic N) is 1. The molecule has 0 saturated heterocycles. The summed E-state index contributed by atoms with van der Waals surface area (Å²) in [6, 6.07) is 0. The molecule has 0 aromatic carbocycles. The van der Waals surface area contributed by atoms with Crippen LogP contribution in [-0.2, 0) is 6.42 Å². The van der Waals surface area contributed by atoms with E-state index in [2.05, 4.69) is 67.5 Å². The SMILES string of the molecule is IC1(I)C=Cc2cn[nH]c2C1. The summed E-state index contributed by atoms with van der Waals surface area (Å²) in [6.07, 6.45) is 7.25. The van der Waals surface area contributed by atoms with Crippen molar-refractivity contribution in [2.45, 2.75) is 7.85 Å². The molecule has 1 aliphatic rings. The number of rotatable bonds is 0. The van der Waals surface area contributed by atoms with Crippen LogP contribution in [0, 0.1) is 0 Å². The fraction of sp³-hybridized carbons (Fsp3) is 0.286. The molecule has 0 radical (unpaired) electrons. The number of nitrogens with one attached hydrogen (secondary N) is 1. The van der Waals surface area contributed by atoms with E-state index in [-0.39, 0.29) is 1.43 Å². The van der Waals surface area contributed by atoms with Crippen LogP contribution in [0.25, 0.3) is 6.08 Å². The maximum atomic E-state index is 3.99. The Balaban J connectivity index is 2.44. The van der Waals surface area contributed by atoms with E-state index in [1.165, 1.54) is 11.3 Å². The molecule has 4 heteroatoms. The van der Waals surface area contributed by atoms with Crippen LogP contribution in [0.3, 0.4) is 0 Å².